The van der Waals surface area contributed by atoms with Crippen molar-refractivity contribution in [2.24, 2.45) is 17.8 Å². The van der Waals surface area contributed by atoms with Crippen molar-refractivity contribution in [3.05, 3.63) is 0 Å². The SMILES string of the molecule is CCC(CC)(OP(=O)(OC(CC)(CC)C1CCNCC1)OC(CC)(CC)C1CCNCC1)C1CCNCC1. The fourth-order valence-electron chi connectivity index (χ4n) is 7.86. The molecule has 7 nitrogen and oxygen atoms in total. The van der Waals surface area contributed by atoms with Crippen molar-refractivity contribution in [1.29, 1.82) is 0 Å². The van der Waals surface area contributed by atoms with Gasteiger partial charge in [-0.3, -0.25) is 13.6 Å². The summed E-state index contributed by atoms with van der Waals surface area (Å²) >= 11 is 0. The summed E-state index contributed by atoms with van der Waals surface area (Å²) in [6.07, 6.45) is 11.0. The zero-order valence-electron chi connectivity index (χ0n) is 25.5. The lowest BCUT2D eigenvalue weighted by Gasteiger charge is -2.49. The van der Waals surface area contributed by atoms with Crippen LogP contribution in [0.25, 0.3) is 0 Å². The highest BCUT2D eigenvalue weighted by Crippen LogP contribution is 2.64. The predicted octanol–water partition coefficient (Wildman–Crippen LogP) is 6.82. The van der Waals surface area contributed by atoms with Crippen LogP contribution in [0.5, 0.6) is 0 Å². The zero-order chi connectivity index (χ0) is 27.7. The molecule has 224 valence electrons. The number of hydrogen-bond donors (Lipinski definition) is 3. The van der Waals surface area contributed by atoms with Gasteiger partial charge in [-0.1, -0.05) is 41.5 Å². The minimum absolute atomic E-state index is 0.340. The summed E-state index contributed by atoms with van der Waals surface area (Å²) in [6, 6.07) is 0. The van der Waals surface area contributed by atoms with Crippen LogP contribution in [0, 0.1) is 17.8 Å². The molecule has 0 aromatic rings. The van der Waals surface area contributed by atoms with Crippen molar-refractivity contribution in [2.45, 2.75) is 135 Å². The Labute approximate surface area is 234 Å². The molecule has 3 aliphatic rings. The van der Waals surface area contributed by atoms with Gasteiger partial charge in [0.05, 0.1) is 16.8 Å². The van der Waals surface area contributed by atoms with Crippen molar-refractivity contribution in [3.8, 4) is 0 Å². The third-order valence-electron chi connectivity index (χ3n) is 10.7. The Morgan fingerprint density at radius 3 is 0.895 bits per heavy atom. The predicted molar refractivity (Wildman–Crippen MR) is 158 cm³/mol. The standard InChI is InChI=1S/C30H60N3O4P/c1-7-28(8-2,25-13-19-31-20-14-25)35-38(34,36-29(9-3,10-4)26-15-21-32-22-16-26)37-30(11-5,12-6)27-17-23-33-24-18-27/h25-27,31-33H,7-24H2,1-6H3. The van der Waals surface area contributed by atoms with E-state index < -0.39 is 24.6 Å². The molecule has 0 aromatic carbocycles. The molecule has 3 saturated heterocycles. The number of phosphoric acid groups is 1. The second kappa shape index (κ2) is 14.8. The lowest BCUT2D eigenvalue weighted by molar-refractivity contribution is -0.122. The van der Waals surface area contributed by atoms with Gasteiger partial charge >= 0.3 is 7.82 Å². The number of nitrogens with one attached hydrogen (secondary N) is 3. The van der Waals surface area contributed by atoms with Crippen LogP contribution in [0.4, 0.5) is 0 Å². The van der Waals surface area contributed by atoms with E-state index in [0.29, 0.717) is 17.8 Å². The van der Waals surface area contributed by atoms with E-state index in [0.717, 1.165) is 116 Å². The number of piperidine rings is 3. The van der Waals surface area contributed by atoms with Crippen LogP contribution in [0.1, 0.15) is 119 Å². The summed E-state index contributed by atoms with van der Waals surface area (Å²) in [5, 5.41) is 10.5. The van der Waals surface area contributed by atoms with Crippen molar-refractivity contribution < 1.29 is 18.1 Å². The van der Waals surface area contributed by atoms with E-state index in [-0.39, 0.29) is 0 Å². The molecule has 0 atom stereocenters. The number of rotatable bonds is 15. The first-order valence-electron chi connectivity index (χ1n) is 16.1. The normalized spacial score (nSPS) is 22.2. The minimum atomic E-state index is -3.94. The van der Waals surface area contributed by atoms with Gasteiger partial charge in [0.15, 0.2) is 0 Å². The average molecular weight is 558 g/mol. The fraction of sp³-hybridized carbons (Fsp3) is 1.00. The van der Waals surface area contributed by atoms with Crippen LogP contribution in [0.2, 0.25) is 0 Å². The lowest BCUT2D eigenvalue weighted by Crippen LogP contribution is -2.49. The Morgan fingerprint density at radius 2 is 0.711 bits per heavy atom. The molecule has 0 radical (unpaired) electrons. The lowest BCUT2D eigenvalue weighted by atomic mass is 9.77. The van der Waals surface area contributed by atoms with Crippen LogP contribution >= 0.6 is 7.82 Å². The van der Waals surface area contributed by atoms with Crippen molar-refractivity contribution >= 4 is 7.82 Å². The topological polar surface area (TPSA) is 80.9 Å². The first kappa shape index (κ1) is 32.5. The van der Waals surface area contributed by atoms with Gasteiger partial charge in [0.25, 0.3) is 0 Å². The van der Waals surface area contributed by atoms with Crippen LogP contribution in [0.15, 0.2) is 0 Å². The Kier molecular flexibility index (Phi) is 12.6. The van der Waals surface area contributed by atoms with Gasteiger partial charge in [-0.25, -0.2) is 4.57 Å². The first-order chi connectivity index (χ1) is 18.3. The second-order valence-electron chi connectivity index (χ2n) is 12.1. The van der Waals surface area contributed by atoms with Gasteiger partial charge in [0.2, 0.25) is 0 Å². The molecule has 8 heteroatoms. The van der Waals surface area contributed by atoms with Gasteiger partial charge in [0, 0.05) is 0 Å². The maximum atomic E-state index is 15.4. The molecule has 0 aliphatic carbocycles. The monoisotopic (exact) mass is 557 g/mol. The minimum Gasteiger partial charge on any atom is -0.317 e. The molecular weight excluding hydrogens is 497 g/mol. The molecule has 0 bridgehead atoms. The van der Waals surface area contributed by atoms with E-state index >= 15 is 4.57 Å². The molecule has 3 N–H and O–H groups in total. The van der Waals surface area contributed by atoms with Crippen LogP contribution in [0.3, 0.4) is 0 Å². The summed E-state index contributed by atoms with van der Waals surface area (Å²) in [6.45, 7) is 19.0. The van der Waals surface area contributed by atoms with Gasteiger partial charge < -0.3 is 16.0 Å². The summed E-state index contributed by atoms with van der Waals surface area (Å²) in [7, 11) is -3.94. The molecule has 3 rings (SSSR count). The Hall–Kier alpha value is -0.0100. The number of phosphoric ester groups is 1. The Morgan fingerprint density at radius 1 is 0.500 bits per heavy atom. The van der Waals surface area contributed by atoms with Crippen LogP contribution in [-0.4, -0.2) is 56.1 Å². The summed E-state index contributed by atoms with van der Waals surface area (Å²) in [5.74, 6) is 1.02. The van der Waals surface area contributed by atoms with Gasteiger partial charge in [-0.05, 0) is 134 Å². The molecule has 38 heavy (non-hydrogen) atoms. The molecule has 3 fully saturated rings. The quantitative estimate of drug-likeness (QED) is 0.191. The zero-order valence-corrected chi connectivity index (χ0v) is 26.4. The first-order valence-corrected chi connectivity index (χ1v) is 17.6. The molecule has 0 saturated carbocycles. The van der Waals surface area contributed by atoms with Gasteiger partial charge in [0.1, 0.15) is 0 Å². The molecule has 3 heterocycles. The average Bonchev–Trinajstić information content (AvgIpc) is 2.99. The highest BCUT2D eigenvalue weighted by Gasteiger charge is 2.54. The molecule has 0 aromatic heterocycles. The van der Waals surface area contributed by atoms with E-state index in [1.165, 1.54) is 0 Å². The largest absolute Gasteiger partial charge is 0.476 e. The third kappa shape index (κ3) is 7.24. The Bertz CT molecular complexity index is 626. The van der Waals surface area contributed by atoms with Crippen molar-refractivity contribution in [3.63, 3.8) is 0 Å². The molecular formula is C30H60N3O4P. The maximum Gasteiger partial charge on any atom is 0.476 e. The van der Waals surface area contributed by atoms with Crippen LogP contribution < -0.4 is 16.0 Å². The second-order valence-corrected chi connectivity index (χ2v) is 13.6. The van der Waals surface area contributed by atoms with Crippen molar-refractivity contribution in [1.82, 2.24) is 16.0 Å². The van der Waals surface area contributed by atoms with E-state index in [9.17, 15) is 0 Å². The number of hydrogen-bond acceptors (Lipinski definition) is 7. The Balaban J connectivity index is 2.04. The van der Waals surface area contributed by atoms with Crippen LogP contribution in [-0.2, 0) is 18.1 Å². The molecule has 0 spiro atoms. The van der Waals surface area contributed by atoms with E-state index in [1.807, 2.05) is 0 Å². The van der Waals surface area contributed by atoms with Gasteiger partial charge in [-0.2, -0.15) is 0 Å². The highest BCUT2D eigenvalue weighted by molar-refractivity contribution is 7.48. The highest BCUT2D eigenvalue weighted by atomic mass is 31.2. The van der Waals surface area contributed by atoms with Crippen molar-refractivity contribution in [2.75, 3.05) is 39.3 Å². The van der Waals surface area contributed by atoms with E-state index in [2.05, 4.69) is 57.5 Å². The summed E-state index contributed by atoms with van der Waals surface area (Å²) in [5.41, 5.74) is -1.54. The molecule has 0 amide bonds. The fourth-order valence-corrected chi connectivity index (χ4v) is 10.5. The van der Waals surface area contributed by atoms with Gasteiger partial charge in [-0.15, -0.1) is 0 Å². The third-order valence-corrected chi connectivity index (χ3v) is 12.5. The summed E-state index contributed by atoms with van der Waals surface area (Å²) < 4.78 is 36.5. The maximum absolute atomic E-state index is 15.4. The van der Waals surface area contributed by atoms with E-state index in [1.54, 1.807) is 0 Å². The summed E-state index contributed by atoms with van der Waals surface area (Å²) in [4.78, 5) is 0. The smallest absolute Gasteiger partial charge is 0.317 e. The van der Waals surface area contributed by atoms with E-state index in [4.69, 9.17) is 13.6 Å². The molecule has 0 unspecified atom stereocenters. The molecule has 3 aliphatic heterocycles.